The summed E-state index contributed by atoms with van der Waals surface area (Å²) < 4.78 is 13.4. The van der Waals surface area contributed by atoms with Crippen LogP contribution in [0.1, 0.15) is 30.5 Å². The predicted octanol–water partition coefficient (Wildman–Crippen LogP) is 3.10. The third-order valence-electron chi connectivity index (χ3n) is 2.12. The first-order valence-corrected chi connectivity index (χ1v) is 4.66. The molecule has 1 nitrogen and oxygen atoms in total. The van der Waals surface area contributed by atoms with Crippen LogP contribution < -0.4 is 5.73 Å². The molecule has 1 aromatic carbocycles. The molecule has 1 rings (SSSR count). The summed E-state index contributed by atoms with van der Waals surface area (Å²) in [4.78, 5) is 0. The summed E-state index contributed by atoms with van der Waals surface area (Å²) >= 11 is 0. The van der Waals surface area contributed by atoms with E-state index in [9.17, 15) is 4.39 Å². The standard InChI is InChI=1S/C12H16FN/c1-8(2)6-12(14)10-5-4-9(3)7-11(10)13/h4-5,7,12H,1,6,14H2,2-3H3/t12-/m1/s1. The van der Waals surface area contributed by atoms with Crippen LogP contribution in [0.5, 0.6) is 0 Å². The Hall–Kier alpha value is -1.15. The van der Waals surface area contributed by atoms with Crippen LogP contribution in [0.3, 0.4) is 0 Å². The van der Waals surface area contributed by atoms with Crippen molar-refractivity contribution in [2.75, 3.05) is 0 Å². The van der Waals surface area contributed by atoms with Crippen LogP contribution in [0, 0.1) is 12.7 Å². The van der Waals surface area contributed by atoms with Crippen molar-refractivity contribution in [3.8, 4) is 0 Å². The number of halogens is 1. The van der Waals surface area contributed by atoms with Gasteiger partial charge in [-0.15, -0.1) is 6.58 Å². The number of benzene rings is 1. The van der Waals surface area contributed by atoms with E-state index in [1.165, 1.54) is 6.07 Å². The minimum atomic E-state index is -0.284. The fourth-order valence-corrected chi connectivity index (χ4v) is 1.42. The van der Waals surface area contributed by atoms with Crippen molar-refractivity contribution in [2.24, 2.45) is 5.73 Å². The van der Waals surface area contributed by atoms with Gasteiger partial charge in [0.1, 0.15) is 5.82 Å². The van der Waals surface area contributed by atoms with Crippen molar-refractivity contribution in [3.05, 3.63) is 47.3 Å². The molecular formula is C12H16FN. The molecule has 0 fully saturated rings. The first-order chi connectivity index (χ1) is 6.50. The summed E-state index contributed by atoms with van der Waals surface area (Å²) in [5.74, 6) is -0.223. The number of hydrogen-bond donors (Lipinski definition) is 1. The second kappa shape index (κ2) is 4.38. The quantitative estimate of drug-likeness (QED) is 0.733. The van der Waals surface area contributed by atoms with E-state index in [4.69, 9.17) is 5.73 Å². The van der Waals surface area contributed by atoms with Crippen LogP contribution in [0.15, 0.2) is 30.4 Å². The third-order valence-corrected chi connectivity index (χ3v) is 2.12. The van der Waals surface area contributed by atoms with Gasteiger partial charge in [0.15, 0.2) is 0 Å². The van der Waals surface area contributed by atoms with Crippen molar-refractivity contribution in [2.45, 2.75) is 26.3 Å². The van der Waals surface area contributed by atoms with E-state index in [2.05, 4.69) is 6.58 Å². The van der Waals surface area contributed by atoms with Gasteiger partial charge in [-0.1, -0.05) is 17.7 Å². The molecule has 1 aromatic rings. The Bertz CT molecular complexity index is 344. The first kappa shape index (κ1) is 10.9. The van der Waals surface area contributed by atoms with Crippen LogP contribution in [-0.2, 0) is 0 Å². The highest BCUT2D eigenvalue weighted by Gasteiger charge is 2.10. The smallest absolute Gasteiger partial charge is 0.128 e. The zero-order chi connectivity index (χ0) is 10.7. The minimum absolute atomic E-state index is 0.223. The lowest BCUT2D eigenvalue weighted by Gasteiger charge is -2.13. The van der Waals surface area contributed by atoms with Crippen LogP contribution in [0.25, 0.3) is 0 Å². The van der Waals surface area contributed by atoms with Gasteiger partial charge in [-0.3, -0.25) is 0 Å². The molecule has 0 unspecified atom stereocenters. The average molecular weight is 193 g/mol. The number of hydrogen-bond acceptors (Lipinski definition) is 1. The Morgan fingerprint density at radius 3 is 2.71 bits per heavy atom. The molecular weight excluding hydrogens is 177 g/mol. The molecule has 0 heterocycles. The van der Waals surface area contributed by atoms with Gasteiger partial charge in [-0.05, 0) is 31.9 Å². The van der Waals surface area contributed by atoms with Crippen molar-refractivity contribution in [1.82, 2.24) is 0 Å². The highest BCUT2D eigenvalue weighted by molar-refractivity contribution is 5.26. The van der Waals surface area contributed by atoms with Crippen molar-refractivity contribution in [1.29, 1.82) is 0 Å². The Balaban J connectivity index is 2.90. The monoisotopic (exact) mass is 193 g/mol. The highest BCUT2D eigenvalue weighted by atomic mass is 19.1. The molecule has 0 bridgehead atoms. The van der Waals surface area contributed by atoms with E-state index >= 15 is 0 Å². The zero-order valence-corrected chi connectivity index (χ0v) is 8.68. The summed E-state index contributed by atoms with van der Waals surface area (Å²) in [5.41, 5.74) is 8.29. The predicted molar refractivity (Wildman–Crippen MR) is 57.5 cm³/mol. The number of aryl methyl sites for hydroxylation is 1. The molecule has 0 aromatic heterocycles. The van der Waals surface area contributed by atoms with Gasteiger partial charge in [0.25, 0.3) is 0 Å². The maximum Gasteiger partial charge on any atom is 0.128 e. The van der Waals surface area contributed by atoms with Crippen LogP contribution >= 0.6 is 0 Å². The van der Waals surface area contributed by atoms with E-state index in [0.717, 1.165) is 11.1 Å². The number of nitrogens with two attached hydrogens (primary N) is 1. The van der Waals surface area contributed by atoms with Crippen LogP contribution in [-0.4, -0.2) is 0 Å². The summed E-state index contributed by atoms with van der Waals surface area (Å²) in [7, 11) is 0. The van der Waals surface area contributed by atoms with Gasteiger partial charge in [0.05, 0.1) is 0 Å². The Morgan fingerprint density at radius 1 is 1.57 bits per heavy atom. The SMILES string of the molecule is C=C(C)C[C@@H](N)c1ccc(C)cc1F. The number of rotatable bonds is 3. The molecule has 2 heteroatoms. The van der Waals surface area contributed by atoms with Crippen molar-refractivity contribution >= 4 is 0 Å². The fourth-order valence-electron chi connectivity index (χ4n) is 1.42. The van der Waals surface area contributed by atoms with E-state index in [1.54, 1.807) is 6.07 Å². The molecule has 1 atom stereocenters. The molecule has 0 aliphatic heterocycles. The van der Waals surface area contributed by atoms with Gasteiger partial charge in [0.2, 0.25) is 0 Å². The van der Waals surface area contributed by atoms with Gasteiger partial charge in [0, 0.05) is 11.6 Å². The van der Waals surface area contributed by atoms with E-state index in [-0.39, 0.29) is 11.9 Å². The Labute approximate surface area is 84.4 Å². The summed E-state index contributed by atoms with van der Waals surface area (Å²) in [6.07, 6.45) is 0.625. The Kier molecular flexibility index (Phi) is 3.42. The molecule has 76 valence electrons. The van der Waals surface area contributed by atoms with Gasteiger partial charge < -0.3 is 5.73 Å². The topological polar surface area (TPSA) is 26.0 Å². The maximum absolute atomic E-state index is 13.4. The van der Waals surface area contributed by atoms with Crippen molar-refractivity contribution in [3.63, 3.8) is 0 Å². The van der Waals surface area contributed by atoms with E-state index in [1.807, 2.05) is 19.9 Å². The molecule has 0 saturated carbocycles. The summed E-state index contributed by atoms with van der Waals surface area (Å²) in [6, 6.07) is 4.84. The lowest BCUT2D eigenvalue weighted by molar-refractivity contribution is 0.579. The molecule has 0 aliphatic carbocycles. The fraction of sp³-hybridized carbons (Fsp3) is 0.333. The van der Waals surface area contributed by atoms with Gasteiger partial charge in [-0.25, -0.2) is 4.39 Å². The van der Waals surface area contributed by atoms with Crippen molar-refractivity contribution < 1.29 is 4.39 Å². The van der Waals surface area contributed by atoms with Crippen LogP contribution in [0.2, 0.25) is 0 Å². The molecule has 2 N–H and O–H groups in total. The summed E-state index contributed by atoms with van der Waals surface area (Å²) in [6.45, 7) is 7.52. The lowest BCUT2D eigenvalue weighted by atomic mass is 10.00. The average Bonchev–Trinajstić information content (AvgIpc) is 2.01. The highest BCUT2D eigenvalue weighted by Crippen LogP contribution is 2.21. The minimum Gasteiger partial charge on any atom is -0.324 e. The molecule has 0 saturated heterocycles. The molecule has 14 heavy (non-hydrogen) atoms. The maximum atomic E-state index is 13.4. The Morgan fingerprint density at radius 2 is 2.21 bits per heavy atom. The molecule has 0 radical (unpaired) electrons. The largest absolute Gasteiger partial charge is 0.324 e. The molecule has 0 aliphatic rings. The summed E-state index contributed by atoms with van der Waals surface area (Å²) in [5, 5.41) is 0. The normalized spacial score (nSPS) is 12.6. The second-order valence-electron chi connectivity index (χ2n) is 3.79. The first-order valence-electron chi connectivity index (χ1n) is 4.66. The lowest BCUT2D eigenvalue weighted by Crippen LogP contribution is -2.12. The van der Waals surface area contributed by atoms with Crippen LogP contribution in [0.4, 0.5) is 4.39 Å². The van der Waals surface area contributed by atoms with Gasteiger partial charge in [-0.2, -0.15) is 0 Å². The van der Waals surface area contributed by atoms with Gasteiger partial charge >= 0.3 is 0 Å². The van der Waals surface area contributed by atoms with E-state index in [0.29, 0.717) is 12.0 Å². The van der Waals surface area contributed by atoms with E-state index < -0.39 is 0 Å². The third kappa shape index (κ3) is 2.67. The molecule has 0 amide bonds. The second-order valence-corrected chi connectivity index (χ2v) is 3.79. The molecule has 0 spiro atoms. The zero-order valence-electron chi connectivity index (χ0n) is 8.68.